The van der Waals surface area contributed by atoms with Crippen molar-refractivity contribution >= 4 is 11.8 Å². The van der Waals surface area contributed by atoms with Crippen molar-refractivity contribution in [1.29, 1.82) is 0 Å². The molecule has 0 unspecified atom stereocenters. The Balaban J connectivity index is 2.99. The molecule has 5 heteroatoms. The van der Waals surface area contributed by atoms with Crippen LogP contribution < -0.4 is 0 Å². The van der Waals surface area contributed by atoms with Crippen molar-refractivity contribution in [2.45, 2.75) is 40.5 Å². The molecule has 1 aromatic rings. The van der Waals surface area contributed by atoms with Crippen molar-refractivity contribution in [3.63, 3.8) is 0 Å². The van der Waals surface area contributed by atoms with E-state index in [2.05, 4.69) is 4.98 Å². The summed E-state index contributed by atoms with van der Waals surface area (Å²) in [4.78, 5) is 32.6. The number of amides is 2. The van der Waals surface area contributed by atoms with E-state index in [0.29, 0.717) is 37.4 Å². The summed E-state index contributed by atoms with van der Waals surface area (Å²) in [6.45, 7) is 10.7. The van der Waals surface area contributed by atoms with Crippen molar-refractivity contribution in [2.75, 3.05) is 26.2 Å². The Morgan fingerprint density at radius 2 is 1.55 bits per heavy atom. The lowest BCUT2D eigenvalue weighted by Crippen LogP contribution is -2.34. The maximum absolute atomic E-state index is 12.5. The molecule has 1 heterocycles. The van der Waals surface area contributed by atoms with E-state index in [1.54, 1.807) is 28.1 Å². The van der Waals surface area contributed by atoms with E-state index in [9.17, 15) is 9.59 Å². The molecule has 0 N–H and O–H groups in total. The Morgan fingerprint density at radius 3 is 2.05 bits per heavy atom. The summed E-state index contributed by atoms with van der Waals surface area (Å²) >= 11 is 0. The summed E-state index contributed by atoms with van der Waals surface area (Å²) in [5.41, 5.74) is 0.870. The quantitative estimate of drug-likeness (QED) is 0.742. The molecule has 0 aliphatic carbocycles. The predicted molar refractivity (Wildman–Crippen MR) is 88.0 cm³/mol. The lowest BCUT2D eigenvalue weighted by Gasteiger charge is -2.22. The third-order valence-corrected chi connectivity index (χ3v) is 3.55. The lowest BCUT2D eigenvalue weighted by atomic mass is 10.2. The van der Waals surface area contributed by atoms with Crippen molar-refractivity contribution in [1.82, 2.24) is 14.8 Å². The van der Waals surface area contributed by atoms with Crippen LogP contribution in [-0.2, 0) is 0 Å². The van der Waals surface area contributed by atoms with E-state index in [-0.39, 0.29) is 11.8 Å². The number of carbonyl (C=O) groups is 2. The molecule has 0 atom stereocenters. The fourth-order valence-electron chi connectivity index (χ4n) is 2.39. The highest BCUT2D eigenvalue weighted by Crippen LogP contribution is 2.09. The summed E-state index contributed by atoms with van der Waals surface area (Å²) in [6.07, 6.45) is 3.35. The number of carbonyl (C=O) groups excluding carboxylic acids is 2. The van der Waals surface area contributed by atoms with Crippen LogP contribution in [0.25, 0.3) is 0 Å². The van der Waals surface area contributed by atoms with Gasteiger partial charge in [-0.05, 0) is 38.8 Å². The Morgan fingerprint density at radius 1 is 0.955 bits per heavy atom. The van der Waals surface area contributed by atoms with Crippen molar-refractivity contribution < 1.29 is 9.59 Å². The van der Waals surface area contributed by atoms with Crippen molar-refractivity contribution in [3.05, 3.63) is 29.6 Å². The topological polar surface area (TPSA) is 53.5 Å². The van der Waals surface area contributed by atoms with E-state index in [1.807, 2.05) is 27.7 Å². The molecule has 0 radical (unpaired) electrons. The second-order valence-electron chi connectivity index (χ2n) is 5.20. The zero-order valence-electron chi connectivity index (χ0n) is 14.1. The number of aromatic nitrogens is 1. The smallest absolute Gasteiger partial charge is 0.272 e. The van der Waals surface area contributed by atoms with Crippen LogP contribution in [0, 0.1) is 0 Å². The summed E-state index contributed by atoms with van der Waals surface area (Å²) in [7, 11) is 0. The first-order valence-corrected chi connectivity index (χ1v) is 8.13. The molecule has 0 fully saturated rings. The minimum absolute atomic E-state index is 0.0565. The molecule has 0 bridgehead atoms. The van der Waals surface area contributed by atoms with E-state index >= 15 is 0 Å². The van der Waals surface area contributed by atoms with Gasteiger partial charge in [-0.25, -0.2) is 0 Å². The summed E-state index contributed by atoms with van der Waals surface area (Å²) in [5, 5.41) is 0. The lowest BCUT2D eigenvalue weighted by molar-refractivity contribution is 0.0749. The third kappa shape index (κ3) is 4.55. The molecule has 1 aromatic heterocycles. The maximum Gasteiger partial charge on any atom is 0.272 e. The molecular formula is C17H27N3O2. The van der Waals surface area contributed by atoms with Crippen LogP contribution in [0.5, 0.6) is 0 Å². The van der Waals surface area contributed by atoms with Crippen molar-refractivity contribution in [3.8, 4) is 0 Å². The first kappa shape index (κ1) is 18.1. The maximum atomic E-state index is 12.5. The van der Waals surface area contributed by atoms with E-state index < -0.39 is 0 Å². The largest absolute Gasteiger partial charge is 0.339 e. The first-order chi connectivity index (χ1) is 10.6. The van der Waals surface area contributed by atoms with Crippen LogP contribution in [0.2, 0.25) is 0 Å². The fourth-order valence-corrected chi connectivity index (χ4v) is 2.39. The van der Waals surface area contributed by atoms with Gasteiger partial charge in [0.05, 0.1) is 0 Å². The number of rotatable bonds is 8. The second-order valence-corrected chi connectivity index (χ2v) is 5.20. The molecule has 0 aromatic carbocycles. The molecule has 122 valence electrons. The SMILES string of the molecule is CCCN(CCC)C(=O)c1cc(C(=O)N(CC)CC)ccn1. The molecule has 0 saturated heterocycles. The van der Waals surface area contributed by atoms with Gasteiger partial charge in [0, 0.05) is 37.9 Å². The first-order valence-electron chi connectivity index (χ1n) is 8.13. The average Bonchev–Trinajstić information content (AvgIpc) is 2.55. The van der Waals surface area contributed by atoms with Gasteiger partial charge < -0.3 is 9.80 Å². The number of hydrogen-bond donors (Lipinski definition) is 0. The Kier molecular flexibility index (Phi) is 7.57. The average molecular weight is 305 g/mol. The molecule has 22 heavy (non-hydrogen) atoms. The van der Waals surface area contributed by atoms with Gasteiger partial charge in [-0.3, -0.25) is 14.6 Å². The summed E-state index contributed by atoms with van der Waals surface area (Å²) in [5.74, 6) is -0.156. The summed E-state index contributed by atoms with van der Waals surface area (Å²) < 4.78 is 0. The molecule has 2 amide bonds. The van der Waals surface area contributed by atoms with Gasteiger partial charge in [0.2, 0.25) is 0 Å². The molecule has 0 aliphatic rings. The zero-order chi connectivity index (χ0) is 16.5. The standard InChI is InChI=1S/C17H27N3O2/c1-5-11-20(12-6-2)17(22)15-13-14(9-10-18-15)16(21)19(7-3)8-4/h9-10,13H,5-8,11-12H2,1-4H3. The Hall–Kier alpha value is -1.91. The monoisotopic (exact) mass is 305 g/mol. The predicted octanol–water partition coefficient (Wildman–Crippen LogP) is 2.83. The van der Waals surface area contributed by atoms with Gasteiger partial charge >= 0.3 is 0 Å². The fraction of sp³-hybridized carbons (Fsp3) is 0.588. The molecule has 0 aliphatic heterocycles. The highest BCUT2D eigenvalue weighted by molar-refractivity contribution is 5.98. The van der Waals surface area contributed by atoms with Crippen LogP contribution in [-0.4, -0.2) is 52.8 Å². The van der Waals surface area contributed by atoms with E-state index in [4.69, 9.17) is 0 Å². The van der Waals surface area contributed by atoms with Crippen LogP contribution in [0.3, 0.4) is 0 Å². The van der Waals surface area contributed by atoms with Gasteiger partial charge in [-0.15, -0.1) is 0 Å². The highest BCUT2D eigenvalue weighted by Gasteiger charge is 2.19. The Bertz CT molecular complexity index is 492. The normalized spacial score (nSPS) is 10.4. The van der Waals surface area contributed by atoms with E-state index in [1.165, 1.54) is 0 Å². The van der Waals surface area contributed by atoms with Gasteiger partial charge in [-0.1, -0.05) is 13.8 Å². The van der Waals surface area contributed by atoms with Crippen LogP contribution in [0.15, 0.2) is 18.3 Å². The minimum atomic E-state index is -0.0992. The van der Waals surface area contributed by atoms with Gasteiger partial charge in [-0.2, -0.15) is 0 Å². The van der Waals surface area contributed by atoms with Crippen molar-refractivity contribution in [2.24, 2.45) is 0 Å². The molecule has 0 spiro atoms. The summed E-state index contributed by atoms with van der Waals surface area (Å²) in [6, 6.07) is 3.28. The molecule has 1 rings (SSSR count). The van der Waals surface area contributed by atoms with E-state index in [0.717, 1.165) is 12.8 Å². The number of nitrogens with zero attached hydrogens (tertiary/aromatic N) is 3. The van der Waals surface area contributed by atoms with Crippen LogP contribution >= 0.6 is 0 Å². The highest BCUT2D eigenvalue weighted by atomic mass is 16.2. The number of pyridine rings is 1. The molecular weight excluding hydrogens is 278 g/mol. The van der Waals surface area contributed by atoms with Crippen LogP contribution in [0.1, 0.15) is 61.4 Å². The number of hydrogen-bond acceptors (Lipinski definition) is 3. The minimum Gasteiger partial charge on any atom is -0.339 e. The van der Waals surface area contributed by atoms with Gasteiger partial charge in [0.25, 0.3) is 11.8 Å². The molecule has 5 nitrogen and oxygen atoms in total. The zero-order valence-corrected chi connectivity index (χ0v) is 14.1. The third-order valence-electron chi connectivity index (χ3n) is 3.55. The Labute approximate surface area is 133 Å². The van der Waals surface area contributed by atoms with Crippen LogP contribution in [0.4, 0.5) is 0 Å². The van der Waals surface area contributed by atoms with Gasteiger partial charge in [0.1, 0.15) is 5.69 Å². The molecule has 0 saturated carbocycles. The van der Waals surface area contributed by atoms with Gasteiger partial charge in [0.15, 0.2) is 0 Å². The second kappa shape index (κ2) is 9.18.